The van der Waals surface area contributed by atoms with Gasteiger partial charge in [0.2, 0.25) is 0 Å². The fourth-order valence-corrected chi connectivity index (χ4v) is 3.57. The first-order chi connectivity index (χ1) is 8.77. The zero-order valence-electron chi connectivity index (χ0n) is 11.9. The zero-order chi connectivity index (χ0) is 13.0. The molecule has 2 rings (SSSR count). The molecule has 102 valence electrons. The minimum atomic E-state index is 0.395. The zero-order valence-corrected chi connectivity index (χ0v) is 11.9. The molecule has 0 spiro atoms. The molecule has 1 N–H and O–H groups in total. The number of aromatic nitrogens is 3. The quantitative estimate of drug-likeness (QED) is 0.844. The van der Waals surface area contributed by atoms with Crippen molar-refractivity contribution in [3.05, 3.63) is 11.9 Å². The Morgan fingerprint density at radius 1 is 1.39 bits per heavy atom. The molecule has 1 aliphatic rings. The van der Waals surface area contributed by atoms with Crippen LogP contribution in [-0.4, -0.2) is 22.0 Å². The molecular weight excluding hydrogens is 224 g/mol. The van der Waals surface area contributed by atoms with Crippen LogP contribution in [0.15, 0.2) is 6.20 Å². The fourth-order valence-electron chi connectivity index (χ4n) is 3.57. The van der Waals surface area contributed by atoms with Gasteiger partial charge in [0.15, 0.2) is 0 Å². The number of hydrogen-bond acceptors (Lipinski definition) is 3. The summed E-state index contributed by atoms with van der Waals surface area (Å²) >= 11 is 0. The first kappa shape index (κ1) is 13.5. The molecule has 0 bridgehead atoms. The minimum absolute atomic E-state index is 0.395. The Labute approximate surface area is 110 Å². The van der Waals surface area contributed by atoms with Crippen molar-refractivity contribution in [1.29, 1.82) is 0 Å². The van der Waals surface area contributed by atoms with Gasteiger partial charge in [0.1, 0.15) is 0 Å². The van der Waals surface area contributed by atoms with Gasteiger partial charge in [0.25, 0.3) is 0 Å². The standard InChI is InChI=1S/C14H26N4/c1-4-10-18-12(11-16-17-18)13(15-3)14(5-2)8-6-7-9-14/h11,13,15H,4-10H2,1-3H3. The normalized spacial score (nSPS) is 20.2. The van der Waals surface area contributed by atoms with Gasteiger partial charge in [0.05, 0.1) is 17.9 Å². The van der Waals surface area contributed by atoms with Gasteiger partial charge in [-0.1, -0.05) is 31.9 Å². The van der Waals surface area contributed by atoms with Gasteiger partial charge < -0.3 is 5.32 Å². The molecule has 0 aromatic carbocycles. The number of rotatable bonds is 6. The summed E-state index contributed by atoms with van der Waals surface area (Å²) in [5.41, 5.74) is 1.67. The second kappa shape index (κ2) is 5.83. The summed E-state index contributed by atoms with van der Waals surface area (Å²) in [6, 6.07) is 0.395. The molecule has 4 nitrogen and oxygen atoms in total. The lowest BCUT2D eigenvalue weighted by atomic mass is 9.75. The second-order valence-electron chi connectivity index (χ2n) is 5.53. The topological polar surface area (TPSA) is 42.7 Å². The fraction of sp³-hybridized carbons (Fsp3) is 0.857. The molecule has 1 aromatic heterocycles. The summed E-state index contributed by atoms with van der Waals surface area (Å²) in [4.78, 5) is 0. The predicted octanol–water partition coefficient (Wildman–Crippen LogP) is 2.92. The Balaban J connectivity index is 2.29. The highest BCUT2D eigenvalue weighted by Gasteiger charge is 2.41. The van der Waals surface area contributed by atoms with Crippen molar-refractivity contribution < 1.29 is 0 Å². The summed E-state index contributed by atoms with van der Waals surface area (Å²) in [6.07, 6.45) is 9.66. The van der Waals surface area contributed by atoms with Crippen LogP contribution in [0.3, 0.4) is 0 Å². The van der Waals surface area contributed by atoms with E-state index in [1.165, 1.54) is 37.8 Å². The summed E-state index contributed by atoms with van der Waals surface area (Å²) in [7, 11) is 2.07. The molecule has 0 saturated heterocycles. The van der Waals surface area contributed by atoms with Crippen LogP contribution in [0.25, 0.3) is 0 Å². The third-order valence-corrected chi connectivity index (χ3v) is 4.58. The molecule has 1 fully saturated rings. The molecule has 1 heterocycles. The highest BCUT2D eigenvalue weighted by Crippen LogP contribution is 2.49. The molecule has 1 unspecified atom stereocenters. The van der Waals surface area contributed by atoms with Crippen molar-refractivity contribution in [2.24, 2.45) is 5.41 Å². The van der Waals surface area contributed by atoms with Crippen molar-refractivity contribution in [1.82, 2.24) is 20.3 Å². The molecule has 0 aliphatic heterocycles. The van der Waals surface area contributed by atoms with Crippen molar-refractivity contribution >= 4 is 0 Å². The number of aryl methyl sites for hydroxylation is 1. The third-order valence-electron chi connectivity index (χ3n) is 4.58. The SMILES string of the molecule is CCCn1nncc1C(NC)C1(CC)CCCC1. The average Bonchev–Trinajstić information content (AvgIpc) is 3.02. The summed E-state index contributed by atoms with van der Waals surface area (Å²) in [6.45, 7) is 5.47. The van der Waals surface area contributed by atoms with E-state index in [9.17, 15) is 0 Å². The molecule has 1 atom stereocenters. The lowest BCUT2D eigenvalue weighted by Gasteiger charge is -2.36. The summed E-state index contributed by atoms with van der Waals surface area (Å²) in [5.74, 6) is 0. The van der Waals surface area contributed by atoms with Crippen LogP contribution < -0.4 is 5.32 Å². The maximum absolute atomic E-state index is 4.24. The van der Waals surface area contributed by atoms with Gasteiger partial charge >= 0.3 is 0 Å². The average molecular weight is 250 g/mol. The predicted molar refractivity (Wildman–Crippen MR) is 73.3 cm³/mol. The van der Waals surface area contributed by atoms with E-state index in [2.05, 4.69) is 41.2 Å². The summed E-state index contributed by atoms with van der Waals surface area (Å²) in [5, 5.41) is 11.9. The van der Waals surface area contributed by atoms with Gasteiger partial charge in [-0.25, -0.2) is 4.68 Å². The van der Waals surface area contributed by atoms with E-state index in [1.807, 2.05) is 6.20 Å². The minimum Gasteiger partial charge on any atom is -0.311 e. The first-order valence-electron chi connectivity index (χ1n) is 7.33. The largest absolute Gasteiger partial charge is 0.311 e. The highest BCUT2D eigenvalue weighted by molar-refractivity contribution is 5.10. The van der Waals surface area contributed by atoms with E-state index in [4.69, 9.17) is 0 Å². The molecule has 0 radical (unpaired) electrons. The Kier molecular flexibility index (Phi) is 4.38. The molecule has 1 aromatic rings. The van der Waals surface area contributed by atoms with Gasteiger partial charge in [-0.05, 0) is 38.1 Å². The van der Waals surface area contributed by atoms with Crippen molar-refractivity contribution in [2.75, 3.05) is 7.05 Å². The Morgan fingerprint density at radius 3 is 2.67 bits per heavy atom. The molecule has 1 saturated carbocycles. The molecule has 18 heavy (non-hydrogen) atoms. The van der Waals surface area contributed by atoms with Crippen molar-refractivity contribution in [3.63, 3.8) is 0 Å². The van der Waals surface area contributed by atoms with Crippen molar-refractivity contribution in [3.8, 4) is 0 Å². The van der Waals surface area contributed by atoms with E-state index < -0.39 is 0 Å². The van der Waals surface area contributed by atoms with Gasteiger partial charge in [-0.2, -0.15) is 0 Å². The lowest BCUT2D eigenvalue weighted by molar-refractivity contribution is 0.186. The lowest BCUT2D eigenvalue weighted by Crippen LogP contribution is -2.35. The number of nitrogens with one attached hydrogen (secondary N) is 1. The van der Waals surface area contributed by atoms with Crippen LogP contribution in [-0.2, 0) is 6.54 Å². The van der Waals surface area contributed by atoms with Crippen LogP contribution in [0, 0.1) is 5.41 Å². The maximum atomic E-state index is 4.24. The Morgan fingerprint density at radius 2 is 2.11 bits per heavy atom. The van der Waals surface area contributed by atoms with E-state index in [0.717, 1.165) is 13.0 Å². The molecule has 1 aliphatic carbocycles. The monoisotopic (exact) mass is 250 g/mol. The summed E-state index contributed by atoms with van der Waals surface area (Å²) < 4.78 is 2.08. The van der Waals surface area contributed by atoms with Crippen LogP contribution in [0.1, 0.15) is 64.1 Å². The highest BCUT2D eigenvalue weighted by atomic mass is 15.4. The smallest absolute Gasteiger partial charge is 0.0762 e. The van der Waals surface area contributed by atoms with Crippen LogP contribution in [0.5, 0.6) is 0 Å². The van der Waals surface area contributed by atoms with Gasteiger partial charge in [0, 0.05) is 6.54 Å². The van der Waals surface area contributed by atoms with Gasteiger partial charge in [-0.15, -0.1) is 5.10 Å². The van der Waals surface area contributed by atoms with E-state index in [0.29, 0.717) is 11.5 Å². The van der Waals surface area contributed by atoms with E-state index >= 15 is 0 Å². The van der Waals surface area contributed by atoms with Crippen LogP contribution in [0.4, 0.5) is 0 Å². The van der Waals surface area contributed by atoms with Crippen molar-refractivity contribution in [2.45, 2.75) is 65.0 Å². The Hall–Kier alpha value is -0.900. The molecule has 0 amide bonds. The third kappa shape index (κ3) is 2.30. The van der Waals surface area contributed by atoms with E-state index in [1.54, 1.807) is 0 Å². The van der Waals surface area contributed by atoms with E-state index in [-0.39, 0.29) is 0 Å². The molecular formula is C14H26N4. The first-order valence-corrected chi connectivity index (χ1v) is 7.33. The second-order valence-corrected chi connectivity index (χ2v) is 5.53. The molecule has 4 heteroatoms. The van der Waals surface area contributed by atoms with Gasteiger partial charge in [-0.3, -0.25) is 0 Å². The van der Waals surface area contributed by atoms with Crippen LogP contribution in [0.2, 0.25) is 0 Å². The number of nitrogens with zero attached hydrogens (tertiary/aromatic N) is 3. The maximum Gasteiger partial charge on any atom is 0.0762 e. The Bertz CT molecular complexity index is 366. The number of hydrogen-bond donors (Lipinski definition) is 1. The van der Waals surface area contributed by atoms with Crippen LogP contribution >= 0.6 is 0 Å².